The summed E-state index contributed by atoms with van der Waals surface area (Å²) in [5.74, 6) is 0.828. The van der Waals surface area contributed by atoms with Crippen LogP contribution >= 0.6 is 0 Å². The molecule has 1 aromatic rings. The van der Waals surface area contributed by atoms with Crippen molar-refractivity contribution < 1.29 is 9.53 Å². The fraction of sp³-hybridized carbons (Fsp3) is 0.533. The van der Waals surface area contributed by atoms with Crippen LogP contribution in [-0.2, 0) is 4.79 Å². The number of benzene rings is 1. The summed E-state index contributed by atoms with van der Waals surface area (Å²) in [5.41, 5.74) is 2.21. The fourth-order valence-electron chi connectivity index (χ4n) is 1.83. The Morgan fingerprint density at radius 1 is 1.44 bits per heavy atom. The molecule has 0 bridgehead atoms. The number of hydrogen-bond acceptors (Lipinski definition) is 2. The molecule has 1 aliphatic rings. The molecule has 0 unspecified atom stereocenters. The monoisotopic (exact) mass is 247 g/mol. The summed E-state index contributed by atoms with van der Waals surface area (Å²) in [6, 6.07) is 6.44. The summed E-state index contributed by atoms with van der Waals surface area (Å²) in [5, 5.41) is 3.00. The van der Waals surface area contributed by atoms with E-state index in [1.807, 2.05) is 39.0 Å². The van der Waals surface area contributed by atoms with Crippen molar-refractivity contribution in [2.75, 3.05) is 0 Å². The predicted octanol–water partition coefficient (Wildman–Crippen LogP) is 2.74. The van der Waals surface area contributed by atoms with E-state index in [1.165, 1.54) is 0 Å². The van der Waals surface area contributed by atoms with Crippen LogP contribution in [0.3, 0.4) is 0 Å². The van der Waals surface area contributed by atoms with Gasteiger partial charge in [0.1, 0.15) is 5.75 Å². The van der Waals surface area contributed by atoms with Crippen molar-refractivity contribution in [3.05, 3.63) is 29.3 Å². The van der Waals surface area contributed by atoms with Crippen LogP contribution in [0.5, 0.6) is 5.75 Å². The van der Waals surface area contributed by atoms with Crippen molar-refractivity contribution >= 4 is 5.91 Å². The van der Waals surface area contributed by atoms with Gasteiger partial charge in [0.2, 0.25) is 0 Å². The van der Waals surface area contributed by atoms with Gasteiger partial charge in [-0.25, -0.2) is 0 Å². The zero-order valence-corrected chi connectivity index (χ0v) is 11.3. The molecule has 1 aromatic carbocycles. The van der Waals surface area contributed by atoms with Crippen LogP contribution in [0.15, 0.2) is 18.2 Å². The van der Waals surface area contributed by atoms with Crippen LogP contribution in [0.4, 0.5) is 0 Å². The van der Waals surface area contributed by atoms with Gasteiger partial charge >= 0.3 is 0 Å². The summed E-state index contributed by atoms with van der Waals surface area (Å²) in [4.78, 5) is 12.0. The lowest BCUT2D eigenvalue weighted by molar-refractivity contribution is -0.128. The first-order valence-corrected chi connectivity index (χ1v) is 6.64. The Balaban J connectivity index is 2.04. The number of carbonyl (C=O) groups is 1. The van der Waals surface area contributed by atoms with Gasteiger partial charge in [0.05, 0.1) is 0 Å². The van der Waals surface area contributed by atoms with Crippen LogP contribution in [0, 0.1) is 13.8 Å². The quantitative estimate of drug-likeness (QED) is 0.868. The number of rotatable bonds is 5. The van der Waals surface area contributed by atoms with E-state index >= 15 is 0 Å². The Kier molecular flexibility index (Phi) is 3.90. The van der Waals surface area contributed by atoms with Crippen molar-refractivity contribution in [1.29, 1.82) is 0 Å². The normalized spacial score (nSPS) is 16.2. The SMILES string of the molecule is CC[C@H](Oc1cc(C)ccc1C)C(=O)NC1CC1. The third-order valence-corrected chi connectivity index (χ3v) is 3.20. The Hall–Kier alpha value is -1.51. The summed E-state index contributed by atoms with van der Waals surface area (Å²) in [6.45, 7) is 6.00. The summed E-state index contributed by atoms with van der Waals surface area (Å²) >= 11 is 0. The summed E-state index contributed by atoms with van der Waals surface area (Å²) in [7, 11) is 0. The van der Waals surface area contributed by atoms with E-state index in [1.54, 1.807) is 0 Å². The van der Waals surface area contributed by atoms with E-state index in [9.17, 15) is 4.79 Å². The molecule has 0 saturated heterocycles. The lowest BCUT2D eigenvalue weighted by Crippen LogP contribution is -2.39. The molecule has 1 saturated carbocycles. The Morgan fingerprint density at radius 3 is 2.78 bits per heavy atom. The van der Waals surface area contributed by atoms with Crippen LogP contribution in [0.25, 0.3) is 0 Å². The standard InChI is InChI=1S/C15H21NO2/c1-4-13(15(17)16-12-7-8-12)18-14-9-10(2)5-6-11(14)3/h5-6,9,12-13H,4,7-8H2,1-3H3,(H,16,17)/t13-/m0/s1. The molecule has 0 spiro atoms. The van der Waals surface area contributed by atoms with Crippen LogP contribution < -0.4 is 10.1 Å². The van der Waals surface area contributed by atoms with E-state index in [4.69, 9.17) is 4.74 Å². The maximum atomic E-state index is 12.0. The topological polar surface area (TPSA) is 38.3 Å². The molecule has 0 radical (unpaired) electrons. The molecular formula is C15H21NO2. The number of amides is 1. The second-order valence-electron chi connectivity index (χ2n) is 5.07. The van der Waals surface area contributed by atoms with Gasteiger partial charge in [0.25, 0.3) is 5.91 Å². The first-order valence-electron chi connectivity index (χ1n) is 6.64. The largest absolute Gasteiger partial charge is 0.480 e. The van der Waals surface area contributed by atoms with Gasteiger partial charge in [0.15, 0.2) is 6.10 Å². The van der Waals surface area contributed by atoms with Gasteiger partial charge in [-0.2, -0.15) is 0 Å². The first kappa shape index (κ1) is 12.9. The molecule has 1 fully saturated rings. The van der Waals surface area contributed by atoms with Crippen LogP contribution in [-0.4, -0.2) is 18.1 Å². The van der Waals surface area contributed by atoms with Gasteiger partial charge in [-0.3, -0.25) is 4.79 Å². The van der Waals surface area contributed by atoms with Gasteiger partial charge in [-0.1, -0.05) is 19.1 Å². The zero-order chi connectivity index (χ0) is 13.1. The van der Waals surface area contributed by atoms with Crippen molar-refractivity contribution in [3.8, 4) is 5.75 Å². The van der Waals surface area contributed by atoms with Crippen molar-refractivity contribution in [2.45, 2.75) is 52.2 Å². The number of ether oxygens (including phenoxy) is 1. The average Bonchev–Trinajstić information content (AvgIpc) is 3.14. The molecule has 2 rings (SSSR count). The molecule has 98 valence electrons. The number of aryl methyl sites for hydroxylation is 2. The Morgan fingerprint density at radius 2 is 2.17 bits per heavy atom. The molecule has 0 aliphatic heterocycles. The number of nitrogens with one attached hydrogen (secondary N) is 1. The van der Waals surface area contributed by atoms with Gasteiger partial charge in [-0.05, 0) is 50.3 Å². The van der Waals surface area contributed by atoms with Gasteiger partial charge in [0, 0.05) is 6.04 Å². The summed E-state index contributed by atoms with van der Waals surface area (Å²) in [6.07, 6.45) is 2.51. The Labute approximate surface area is 109 Å². The summed E-state index contributed by atoms with van der Waals surface area (Å²) < 4.78 is 5.85. The minimum atomic E-state index is -0.383. The van der Waals surface area contributed by atoms with E-state index < -0.39 is 0 Å². The smallest absolute Gasteiger partial charge is 0.261 e. The highest BCUT2D eigenvalue weighted by molar-refractivity contribution is 5.81. The molecule has 1 amide bonds. The zero-order valence-electron chi connectivity index (χ0n) is 11.3. The van der Waals surface area contributed by atoms with E-state index in [2.05, 4.69) is 5.32 Å². The Bertz CT molecular complexity index is 438. The maximum Gasteiger partial charge on any atom is 0.261 e. The average molecular weight is 247 g/mol. The second kappa shape index (κ2) is 5.42. The molecule has 3 nitrogen and oxygen atoms in total. The van der Waals surface area contributed by atoms with Gasteiger partial charge < -0.3 is 10.1 Å². The number of carbonyl (C=O) groups excluding carboxylic acids is 1. The van der Waals surface area contributed by atoms with E-state index in [-0.39, 0.29) is 12.0 Å². The van der Waals surface area contributed by atoms with E-state index in [0.717, 1.165) is 29.7 Å². The molecule has 1 N–H and O–H groups in total. The highest BCUT2D eigenvalue weighted by Gasteiger charge is 2.27. The van der Waals surface area contributed by atoms with Gasteiger partial charge in [-0.15, -0.1) is 0 Å². The molecular weight excluding hydrogens is 226 g/mol. The second-order valence-corrected chi connectivity index (χ2v) is 5.07. The molecule has 18 heavy (non-hydrogen) atoms. The van der Waals surface area contributed by atoms with Crippen molar-refractivity contribution in [3.63, 3.8) is 0 Å². The maximum absolute atomic E-state index is 12.0. The molecule has 0 heterocycles. The predicted molar refractivity (Wildman–Crippen MR) is 71.8 cm³/mol. The minimum Gasteiger partial charge on any atom is -0.480 e. The lowest BCUT2D eigenvalue weighted by Gasteiger charge is -2.18. The van der Waals surface area contributed by atoms with E-state index in [0.29, 0.717) is 12.5 Å². The molecule has 1 atom stereocenters. The third kappa shape index (κ3) is 3.25. The van der Waals surface area contributed by atoms with Crippen molar-refractivity contribution in [2.24, 2.45) is 0 Å². The lowest BCUT2D eigenvalue weighted by atomic mass is 10.1. The highest BCUT2D eigenvalue weighted by atomic mass is 16.5. The number of hydrogen-bond donors (Lipinski definition) is 1. The van der Waals surface area contributed by atoms with Crippen LogP contribution in [0.2, 0.25) is 0 Å². The minimum absolute atomic E-state index is 0.0147. The van der Waals surface area contributed by atoms with Crippen LogP contribution in [0.1, 0.15) is 37.3 Å². The molecule has 0 aromatic heterocycles. The third-order valence-electron chi connectivity index (χ3n) is 3.20. The first-order chi connectivity index (χ1) is 8.60. The molecule has 3 heteroatoms. The molecule has 1 aliphatic carbocycles. The fourth-order valence-corrected chi connectivity index (χ4v) is 1.83. The van der Waals surface area contributed by atoms with Crippen molar-refractivity contribution in [1.82, 2.24) is 5.32 Å². The highest BCUT2D eigenvalue weighted by Crippen LogP contribution is 2.23.